The van der Waals surface area contributed by atoms with Gasteiger partial charge in [0, 0.05) is 42.4 Å². The Hall–Kier alpha value is -2.64. The number of carbonyl (C=O) groups is 2. The molecule has 148 valence electrons. The van der Waals surface area contributed by atoms with E-state index in [1.54, 1.807) is 6.92 Å². The number of piperidine rings is 1. The predicted molar refractivity (Wildman–Crippen MR) is 103 cm³/mol. The van der Waals surface area contributed by atoms with Gasteiger partial charge in [0.15, 0.2) is 0 Å². The highest BCUT2D eigenvalue weighted by atomic mass is 16.6. The topological polar surface area (TPSA) is 105 Å². The van der Waals surface area contributed by atoms with Gasteiger partial charge in [-0.2, -0.15) is 0 Å². The monoisotopic (exact) mass is 376 g/mol. The van der Waals surface area contributed by atoms with Gasteiger partial charge < -0.3 is 15.5 Å². The largest absolute Gasteiger partial charge is 0.352 e. The zero-order valence-corrected chi connectivity index (χ0v) is 16.4. The number of urea groups is 1. The molecule has 0 spiro atoms. The predicted octanol–water partition coefficient (Wildman–Crippen LogP) is 2.85. The first-order valence-corrected chi connectivity index (χ1v) is 9.17. The molecule has 0 bridgehead atoms. The molecule has 1 heterocycles. The maximum atomic E-state index is 12.3. The molecule has 1 aromatic rings. The van der Waals surface area contributed by atoms with Crippen molar-refractivity contribution in [2.24, 2.45) is 5.92 Å². The number of rotatable bonds is 4. The van der Waals surface area contributed by atoms with E-state index in [1.165, 1.54) is 18.2 Å². The highest BCUT2D eigenvalue weighted by molar-refractivity contribution is 5.94. The Bertz CT molecular complexity index is 719. The number of nitrogens with zero attached hydrogens (tertiary/aromatic N) is 2. The molecule has 0 aromatic heterocycles. The van der Waals surface area contributed by atoms with Crippen LogP contribution in [0.2, 0.25) is 0 Å². The van der Waals surface area contributed by atoms with Crippen LogP contribution in [0.1, 0.15) is 49.5 Å². The van der Waals surface area contributed by atoms with Crippen LogP contribution in [0.3, 0.4) is 0 Å². The van der Waals surface area contributed by atoms with Crippen LogP contribution in [0.25, 0.3) is 0 Å². The third kappa shape index (κ3) is 5.94. The summed E-state index contributed by atoms with van der Waals surface area (Å²) >= 11 is 0. The van der Waals surface area contributed by atoms with Crippen molar-refractivity contribution in [3.63, 3.8) is 0 Å². The Labute approximate surface area is 159 Å². The van der Waals surface area contributed by atoms with Crippen molar-refractivity contribution in [3.8, 4) is 0 Å². The zero-order valence-electron chi connectivity index (χ0n) is 16.4. The van der Waals surface area contributed by atoms with Crippen LogP contribution in [0.5, 0.6) is 0 Å². The molecular formula is C19H28N4O4. The summed E-state index contributed by atoms with van der Waals surface area (Å²) in [7, 11) is 0. The Morgan fingerprint density at radius 1 is 1.26 bits per heavy atom. The molecule has 3 amide bonds. The zero-order chi connectivity index (χ0) is 20.2. The smallest absolute Gasteiger partial charge is 0.317 e. The van der Waals surface area contributed by atoms with Crippen LogP contribution in [0, 0.1) is 23.0 Å². The Morgan fingerprint density at radius 3 is 2.41 bits per heavy atom. The number of hydrogen-bond donors (Lipinski definition) is 2. The maximum Gasteiger partial charge on any atom is 0.317 e. The quantitative estimate of drug-likeness (QED) is 0.623. The lowest BCUT2D eigenvalue weighted by molar-refractivity contribution is -0.385. The number of nitrogens with one attached hydrogen (secondary N) is 2. The molecule has 0 atom stereocenters. The summed E-state index contributed by atoms with van der Waals surface area (Å²) in [6.07, 6.45) is 1.66. The number of likely N-dealkylation sites (tertiary alicyclic amines) is 1. The van der Waals surface area contributed by atoms with E-state index in [4.69, 9.17) is 0 Å². The van der Waals surface area contributed by atoms with Crippen molar-refractivity contribution in [2.45, 2.75) is 46.1 Å². The molecule has 8 nitrogen and oxygen atoms in total. The molecule has 27 heavy (non-hydrogen) atoms. The molecule has 0 saturated carbocycles. The fraction of sp³-hybridized carbons (Fsp3) is 0.579. The lowest BCUT2D eigenvalue weighted by atomic mass is 9.96. The minimum absolute atomic E-state index is 0.00690. The lowest BCUT2D eigenvalue weighted by Gasteiger charge is -2.34. The van der Waals surface area contributed by atoms with Crippen LogP contribution in [0.15, 0.2) is 18.2 Å². The van der Waals surface area contributed by atoms with Gasteiger partial charge in [-0.25, -0.2) is 4.79 Å². The molecule has 2 rings (SSSR count). The van der Waals surface area contributed by atoms with Crippen LogP contribution >= 0.6 is 0 Å². The number of aryl methyl sites for hydroxylation is 1. The van der Waals surface area contributed by atoms with Crippen LogP contribution in [-0.4, -0.2) is 46.9 Å². The van der Waals surface area contributed by atoms with Gasteiger partial charge in [0.25, 0.3) is 11.6 Å². The summed E-state index contributed by atoms with van der Waals surface area (Å²) in [5, 5.41) is 16.7. The van der Waals surface area contributed by atoms with E-state index in [1.807, 2.05) is 25.7 Å². The maximum absolute atomic E-state index is 12.3. The molecule has 1 aromatic carbocycles. The molecule has 1 saturated heterocycles. The molecule has 0 unspecified atom stereocenters. The molecule has 0 radical (unpaired) electrons. The summed E-state index contributed by atoms with van der Waals surface area (Å²) < 4.78 is 0. The van der Waals surface area contributed by atoms with Gasteiger partial charge in [-0.15, -0.1) is 0 Å². The SMILES string of the molecule is Cc1cc(C(=O)NCC2CCN(C(=O)NC(C)(C)C)CC2)ccc1[N+](=O)[O-]. The second kappa shape index (κ2) is 8.37. The number of carbonyl (C=O) groups excluding carboxylic acids is 2. The Morgan fingerprint density at radius 2 is 1.89 bits per heavy atom. The number of nitro benzene ring substituents is 1. The van der Waals surface area contributed by atoms with E-state index in [0.29, 0.717) is 36.7 Å². The molecule has 0 aliphatic carbocycles. The van der Waals surface area contributed by atoms with E-state index in [-0.39, 0.29) is 23.2 Å². The van der Waals surface area contributed by atoms with Gasteiger partial charge in [0.1, 0.15) is 0 Å². The second-order valence-electron chi connectivity index (χ2n) is 8.08. The van der Waals surface area contributed by atoms with Crippen LogP contribution < -0.4 is 10.6 Å². The highest BCUT2D eigenvalue weighted by Gasteiger charge is 2.25. The van der Waals surface area contributed by atoms with Crippen molar-refractivity contribution in [2.75, 3.05) is 19.6 Å². The summed E-state index contributed by atoms with van der Waals surface area (Å²) in [5.74, 6) is 0.0766. The molecule has 2 N–H and O–H groups in total. The fourth-order valence-electron chi connectivity index (χ4n) is 3.08. The van der Waals surface area contributed by atoms with Crippen molar-refractivity contribution in [3.05, 3.63) is 39.4 Å². The van der Waals surface area contributed by atoms with Gasteiger partial charge in [-0.1, -0.05) is 0 Å². The third-order valence-electron chi connectivity index (χ3n) is 4.59. The average Bonchev–Trinajstić information content (AvgIpc) is 2.58. The third-order valence-corrected chi connectivity index (χ3v) is 4.59. The lowest BCUT2D eigenvalue weighted by Crippen LogP contribution is -2.51. The molecule has 1 fully saturated rings. The van der Waals surface area contributed by atoms with Crippen LogP contribution in [-0.2, 0) is 0 Å². The van der Waals surface area contributed by atoms with E-state index in [2.05, 4.69) is 10.6 Å². The van der Waals surface area contributed by atoms with E-state index < -0.39 is 4.92 Å². The van der Waals surface area contributed by atoms with Crippen molar-refractivity contribution < 1.29 is 14.5 Å². The van der Waals surface area contributed by atoms with Crippen molar-refractivity contribution in [1.82, 2.24) is 15.5 Å². The standard InChI is InChI=1S/C19H28N4O4/c1-13-11-15(5-6-16(13)23(26)27)17(24)20-12-14-7-9-22(10-8-14)18(25)21-19(2,3)4/h5-6,11,14H,7-10,12H2,1-4H3,(H,20,24)(H,21,25). The number of nitro groups is 1. The van der Waals surface area contributed by atoms with Gasteiger partial charge in [-0.05, 0) is 58.6 Å². The van der Waals surface area contributed by atoms with E-state index in [9.17, 15) is 19.7 Å². The minimum Gasteiger partial charge on any atom is -0.352 e. The normalized spacial score (nSPS) is 15.3. The first-order valence-electron chi connectivity index (χ1n) is 9.17. The van der Waals surface area contributed by atoms with Gasteiger partial charge >= 0.3 is 6.03 Å². The Balaban J connectivity index is 1.81. The number of hydrogen-bond acceptors (Lipinski definition) is 4. The summed E-state index contributed by atoms with van der Waals surface area (Å²) in [5.41, 5.74) is 0.628. The summed E-state index contributed by atoms with van der Waals surface area (Å²) in [6.45, 7) is 9.34. The summed E-state index contributed by atoms with van der Waals surface area (Å²) in [4.78, 5) is 36.7. The van der Waals surface area contributed by atoms with Gasteiger partial charge in [0.05, 0.1) is 4.92 Å². The van der Waals surface area contributed by atoms with E-state index >= 15 is 0 Å². The van der Waals surface area contributed by atoms with Crippen molar-refractivity contribution >= 4 is 17.6 Å². The molecular weight excluding hydrogens is 348 g/mol. The number of amides is 3. The minimum atomic E-state index is -0.458. The molecule has 1 aliphatic heterocycles. The van der Waals surface area contributed by atoms with E-state index in [0.717, 1.165) is 12.8 Å². The van der Waals surface area contributed by atoms with Crippen LogP contribution in [0.4, 0.5) is 10.5 Å². The fourth-order valence-corrected chi connectivity index (χ4v) is 3.08. The second-order valence-corrected chi connectivity index (χ2v) is 8.08. The first kappa shape index (κ1) is 20.7. The van der Waals surface area contributed by atoms with Gasteiger partial charge in [0.2, 0.25) is 0 Å². The van der Waals surface area contributed by atoms with Crippen molar-refractivity contribution in [1.29, 1.82) is 0 Å². The number of benzene rings is 1. The molecule has 8 heteroatoms. The first-order chi connectivity index (χ1) is 12.6. The average molecular weight is 376 g/mol. The Kier molecular flexibility index (Phi) is 6.41. The highest BCUT2D eigenvalue weighted by Crippen LogP contribution is 2.20. The summed E-state index contributed by atoms with van der Waals surface area (Å²) in [6, 6.07) is 4.31. The van der Waals surface area contributed by atoms with Gasteiger partial charge in [-0.3, -0.25) is 14.9 Å². The molecule has 1 aliphatic rings.